The predicted molar refractivity (Wildman–Crippen MR) is 85.2 cm³/mol. The van der Waals surface area contributed by atoms with Crippen molar-refractivity contribution in [3.63, 3.8) is 0 Å². The first kappa shape index (κ1) is 16.2. The average molecular weight is 294 g/mol. The van der Waals surface area contributed by atoms with Crippen molar-refractivity contribution < 1.29 is 9.13 Å². The first-order valence-electron chi connectivity index (χ1n) is 7.97. The molecular weight excluding hydrogens is 267 g/mol. The first-order valence-corrected chi connectivity index (χ1v) is 7.97. The molecule has 0 aromatic heterocycles. The fourth-order valence-electron chi connectivity index (χ4n) is 3.10. The van der Waals surface area contributed by atoms with Crippen LogP contribution >= 0.6 is 0 Å². The van der Waals surface area contributed by atoms with Gasteiger partial charge in [-0.2, -0.15) is 0 Å². The molecule has 1 aromatic rings. The lowest BCUT2D eigenvalue weighted by Crippen LogP contribution is -2.24. The molecule has 1 N–H and O–H groups in total. The molecule has 0 amide bonds. The summed E-state index contributed by atoms with van der Waals surface area (Å²) >= 11 is 0. The number of ether oxygens (including phenoxy) is 1. The Kier molecular flexibility index (Phi) is 6.46. The lowest BCUT2D eigenvalue weighted by molar-refractivity contribution is 0.199. The van der Waals surface area contributed by atoms with Crippen LogP contribution in [0.3, 0.4) is 0 Å². The van der Waals surface area contributed by atoms with Gasteiger partial charge in [-0.3, -0.25) is 0 Å². The molecule has 21 heavy (non-hydrogen) atoms. The number of halogens is 1. The van der Waals surface area contributed by atoms with E-state index < -0.39 is 0 Å². The van der Waals surface area contributed by atoms with Crippen molar-refractivity contribution >= 4 is 5.69 Å². The molecule has 0 aliphatic carbocycles. The van der Waals surface area contributed by atoms with Crippen molar-refractivity contribution in [3.05, 3.63) is 29.6 Å². The highest BCUT2D eigenvalue weighted by atomic mass is 19.1. The van der Waals surface area contributed by atoms with Gasteiger partial charge in [-0.1, -0.05) is 13.3 Å². The van der Waals surface area contributed by atoms with Crippen LogP contribution in [0.5, 0.6) is 0 Å². The molecule has 1 fully saturated rings. The number of benzene rings is 1. The smallest absolute Gasteiger partial charge is 0.123 e. The fraction of sp³-hybridized carbons (Fsp3) is 0.647. The number of hydrogen-bond acceptors (Lipinski definition) is 3. The summed E-state index contributed by atoms with van der Waals surface area (Å²) < 4.78 is 18.6. The average Bonchev–Trinajstić information content (AvgIpc) is 2.93. The topological polar surface area (TPSA) is 24.5 Å². The highest BCUT2D eigenvalue weighted by molar-refractivity contribution is 5.54. The molecule has 118 valence electrons. The summed E-state index contributed by atoms with van der Waals surface area (Å²) in [6.07, 6.45) is 3.79. The molecule has 1 aliphatic rings. The molecule has 2 rings (SSSR count). The Bertz CT molecular complexity index is 439. The van der Waals surface area contributed by atoms with Crippen molar-refractivity contribution in [2.24, 2.45) is 5.92 Å². The summed E-state index contributed by atoms with van der Waals surface area (Å²) in [7, 11) is 1.69. The van der Waals surface area contributed by atoms with Crippen LogP contribution in [0.15, 0.2) is 18.2 Å². The molecule has 1 saturated heterocycles. The Hall–Kier alpha value is -1.13. The minimum Gasteiger partial charge on any atom is -0.383 e. The third-order valence-corrected chi connectivity index (χ3v) is 4.16. The second-order valence-corrected chi connectivity index (χ2v) is 5.83. The monoisotopic (exact) mass is 294 g/mol. The van der Waals surface area contributed by atoms with Crippen molar-refractivity contribution in [2.45, 2.75) is 32.7 Å². The molecule has 1 unspecified atom stereocenters. The number of rotatable bonds is 8. The molecule has 4 heteroatoms. The number of nitrogens with zero attached hydrogens (tertiary/aromatic N) is 1. The lowest BCUT2D eigenvalue weighted by Gasteiger charge is -2.22. The van der Waals surface area contributed by atoms with Gasteiger partial charge in [0.25, 0.3) is 0 Å². The molecule has 0 bridgehead atoms. The van der Waals surface area contributed by atoms with Gasteiger partial charge >= 0.3 is 0 Å². The van der Waals surface area contributed by atoms with E-state index in [-0.39, 0.29) is 5.82 Å². The number of nitrogens with one attached hydrogen (secondary N) is 1. The van der Waals surface area contributed by atoms with E-state index in [1.807, 2.05) is 6.07 Å². The second-order valence-electron chi connectivity index (χ2n) is 5.83. The molecule has 1 aromatic carbocycles. The molecule has 0 spiro atoms. The standard InChI is InChI=1S/C17H27FN2O/c1-3-4-14-7-9-20(13-14)17-6-5-16(18)11-15(17)12-19-8-10-21-2/h5-6,11,14,19H,3-4,7-10,12-13H2,1-2H3. The molecule has 3 nitrogen and oxygen atoms in total. The summed E-state index contributed by atoms with van der Waals surface area (Å²) in [4.78, 5) is 2.41. The fourth-order valence-corrected chi connectivity index (χ4v) is 3.10. The Labute approximate surface area is 127 Å². The number of hydrogen-bond donors (Lipinski definition) is 1. The van der Waals surface area contributed by atoms with Gasteiger partial charge in [-0.25, -0.2) is 4.39 Å². The zero-order valence-electron chi connectivity index (χ0n) is 13.2. The summed E-state index contributed by atoms with van der Waals surface area (Å²) in [5.41, 5.74) is 2.23. The van der Waals surface area contributed by atoms with Gasteiger partial charge in [-0.15, -0.1) is 0 Å². The van der Waals surface area contributed by atoms with E-state index in [1.54, 1.807) is 19.2 Å². The second kappa shape index (κ2) is 8.35. The maximum atomic E-state index is 13.5. The van der Waals surface area contributed by atoms with Gasteiger partial charge in [0.15, 0.2) is 0 Å². The SMILES string of the molecule is CCCC1CCN(c2ccc(F)cc2CNCCOC)C1. The van der Waals surface area contributed by atoms with Gasteiger partial charge < -0.3 is 15.0 Å². The maximum Gasteiger partial charge on any atom is 0.123 e. The van der Waals surface area contributed by atoms with Gasteiger partial charge in [0.1, 0.15) is 5.82 Å². The van der Waals surface area contributed by atoms with Crippen LogP contribution in [0.25, 0.3) is 0 Å². The number of anilines is 1. The van der Waals surface area contributed by atoms with Crippen molar-refractivity contribution in [1.82, 2.24) is 5.32 Å². The minimum atomic E-state index is -0.161. The zero-order chi connectivity index (χ0) is 15.1. The van der Waals surface area contributed by atoms with Crippen molar-refractivity contribution in [1.29, 1.82) is 0 Å². The van der Waals surface area contributed by atoms with Gasteiger partial charge in [-0.05, 0) is 42.5 Å². The summed E-state index contributed by atoms with van der Waals surface area (Å²) in [5.74, 6) is 0.626. The van der Waals surface area contributed by atoms with E-state index in [0.29, 0.717) is 13.2 Å². The highest BCUT2D eigenvalue weighted by Crippen LogP contribution is 2.29. The third kappa shape index (κ3) is 4.68. The van der Waals surface area contributed by atoms with Crippen LogP contribution in [0.1, 0.15) is 31.7 Å². The molecule has 1 heterocycles. The molecule has 0 radical (unpaired) electrons. The van der Waals surface area contributed by atoms with Crippen LogP contribution in [0, 0.1) is 11.7 Å². The van der Waals surface area contributed by atoms with Gasteiger partial charge in [0.2, 0.25) is 0 Å². The van der Waals surface area contributed by atoms with Crippen LogP contribution in [0.2, 0.25) is 0 Å². The molecule has 1 atom stereocenters. The van der Waals surface area contributed by atoms with E-state index >= 15 is 0 Å². The summed E-state index contributed by atoms with van der Waals surface area (Å²) in [6.45, 7) is 6.57. The summed E-state index contributed by atoms with van der Waals surface area (Å²) in [6, 6.07) is 5.15. The maximum absolute atomic E-state index is 13.5. The largest absolute Gasteiger partial charge is 0.383 e. The van der Waals surface area contributed by atoms with Crippen molar-refractivity contribution in [2.75, 3.05) is 38.3 Å². The van der Waals surface area contributed by atoms with Crippen molar-refractivity contribution in [3.8, 4) is 0 Å². The predicted octanol–water partition coefficient (Wildman–Crippen LogP) is 3.19. The molecular formula is C17H27FN2O. The van der Waals surface area contributed by atoms with E-state index in [4.69, 9.17) is 4.74 Å². The van der Waals surface area contributed by atoms with E-state index in [2.05, 4.69) is 17.1 Å². The Balaban J connectivity index is 2.01. The zero-order valence-corrected chi connectivity index (χ0v) is 13.2. The van der Waals surface area contributed by atoms with E-state index in [9.17, 15) is 4.39 Å². The minimum absolute atomic E-state index is 0.161. The Morgan fingerprint density at radius 2 is 2.29 bits per heavy atom. The first-order chi connectivity index (χ1) is 10.2. The summed E-state index contributed by atoms with van der Waals surface area (Å²) in [5, 5.41) is 3.31. The molecule has 1 aliphatic heterocycles. The molecule has 0 saturated carbocycles. The highest BCUT2D eigenvalue weighted by Gasteiger charge is 2.23. The normalized spacial score (nSPS) is 18.4. The van der Waals surface area contributed by atoms with Crippen LogP contribution in [-0.2, 0) is 11.3 Å². The van der Waals surface area contributed by atoms with Gasteiger partial charge in [0.05, 0.1) is 6.61 Å². The van der Waals surface area contributed by atoms with Crippen LogP contribution in [0.4, 0.5) is 10.1 Å². The Morgan fingerprint density at radius 1 is 1.43 bits per heavy atom. The third-order valence-electron chi connectivity index (χ3n) is 4.16. The van der Waals surface area contributed by atoms with Gasteiger partial charge in [0, 0.05) is 39.0 Å². The van der Waals surface area contributed by atoms with Crippen LogP contribution in [-0.4, -0.2) is 33.4 Å². The van der Waals surface area contributed by atoms with E-state index in [0.717, 1.165) is 31.1 Å². The van der Waals surface area contributed by atoms with Crippen LogP contribution < -0.4 is 10.2 Å². The number of methoxy groups -OCH3 is 1. The lowest BCUT2D eigenvalue weighted by atomic mass is 10.0. The quantitative estimate of drug-likeness (QED) is 0.745. The van der Waals surface area contributed by atoms with E-state index in [1.165, 1.54) is 24.9 Å². The Morgan fingerprint density at radius 3 is 3.05 bits per heavy atom.